The Morgan fingerprint density at radius 3 is 1.91 bits per heavy atom. The molecule has 0 heterocycles. The van der Waals surface area contributed by atoms with Gasteiger partial charge in [-0.15, -0.1) is 0 Å². The molecule has 0 N–H and O–H groups in total. The number of hydrogen-bond donors (Lipinski definition) is 0. The molecule has 0 spiro atoms. The van der Waals surface area contributed by atoms with Gasteiger partial charge in [0.1, 0.15) is 0 Å². The Bertz CT molecular complexity index is 249. The number of benzene rings is 1. The van der Waals surface area contributed by atoms with E-state index in [2.05, 4.69) is 79.9 Å². The molecular formula is C7H7I3Si. The molecule has 0 saturated carbocycles. The molecule has 0 atom stereocenters. The number of halogens is 3. The van der Waals surface area contributed by atoms with E-state index in [9.17, 15) is 0 Å². The van der Waals surface area contributed by atoms with Crippen LogP contribution < -0.4 is 0 Å². The molecule has 1 aromatic carbocycles. The zero-order valence-electron chi connectivity index (χ0n) is 6.00. The maximum absolute atomic E-state index is 2.40. The molecule has 0 aliphatic heterocycles. The third kappa shape index (κ3) is 2.80. The minimum Gasteiger partial charge on any atom is -0.0494 e. The van der Waals surface area contributed by atoms with Crippen molar-refractivity contribution in [2.24, 2.45) is 0 Å². The maximum atomic E-state index is 2.40. The molecule has 0 aromatic heterocycles. The second-order valence-electron chi connectivity index (χ2n) is 2.23. The number of hydrogen-bond acceptors (Lipinski definition) is 0. The van der Waals surface area contributed by atoms with Gasteiger partial charge >= 0.3 is 0 Å². The molecule has 4 heteroatoms. The lowest BCUT2D eigenvalue weighted by atomic mass is 10.2. The monoisotopic (exact) mass is 500 g/mol. The summed E-state index contributed by atoms with van der Waals surface area (Å²) in [6.07, 6.45) is 0. The van der Waals surface area contributed by atoms with Crippen LogP contribution in [-0.2, 0) is 6.04 Å². The first-order valence-electron chi connectivity index (χ1n) is 3.28. The lowest BCUT2D eigenvalue weighted by molar-refractivity contribution is 1.35. The molecule has 0 saturated heterocycles. The average Bonchev–Trinajstić information content (AvgIpc) is 1.99. The second-order valence-corrected chi connectivity index (χ2v) is 6.34. The fraction of sp³-hybridized carbons (Fsp3) is 0.143. The second kappa shape index (κ2) is 4.75. The van der Waals surface area contributed by atoms with Gasteiger partial charge in [0.2, 0.25) is 0 Å². The Kier molecular flexibility index (Phi) is 4.62. The van der Waals surface area contributed by atoms with E-state index in [0.29, 0.717) is 0 Å². The average molecular weight is 500 g/mol. The van der Waals surface area contributed by atoms with E-state index in [0.717, 1.165) is 0 Å². The van der Waals surface area contributed by atoms with Crippen molar-refractivity contribution in [2.75, 3.05) is 0 Å². The third-order valence-corrected chi connectivity index (χ3v) is 7.20. The van der Waals surface area contributed by atoms with Gasteiger partial charge in [0.05, 0.1) is 0 Å². The topological polar surface area (TPSA) is 0 Å². The Morgan fingerprint density at radius 1 is 1.09 bits per heavy atom. The third-order valence-electron chi connectivity index (χ3n) is 1.45. The van der Waals surface area contributed by atoms with E-state index >= 15 is 0 Å². The molecule has 1 rings (SSSR count). The Balaban J connectivity index is 3.21. The van der Waals surface area contributed by atoms with Crippen LogP contribution in [0.5, 0.6) is 0 Å². The SMILES string of the molecule is [SiH3]Cc1cc(I)c(I)c(I)c1. The molecule has 1 aromatic rings. The molecule has 0 amide bonds. The fourth-order valence-electron chi connectivity index (χ4n) is 0.812. The van der Waals surface area contributed by atoms with Crippen LogP contribution in [0.1, 0.15) is 5.56 Å². The van der Waals surface area contributed by atoms with E-state index in [1.807, 2.05) is 0 Å². The molecule has 60 valence electrons. The lowest BCUT2D eigenvalue weighted by Gasteiger charge is -2.02. The van der Waals surface area contributed by atoms with Crippen LogP contribution in [0.3, 0.4) is 0 Å². The Morgan fingerprint density at radius 2 is 1.55 bits per heavy atom. The van der Waals surface area contributed by atoms with E-state index in [1.54, 1.807) is 0 Å². The fourth-order valence-corrected chi connectivity index (χ4v) is 3.43. The highest BCUT2D eigenvalue weighted by Crippen LogP contribution is 2.22. The van der Waals surface area contributed by atoms with Crippen LogP contribution in [0.4, 0.5) is 0 Å². The van der Waals surface area contributed by atoms with Gasteiger partial charge in [-0.25, -0.2) is 0 Å². The molecule has 0 unspecified atom stereocenters. The predicted octanol–water partition coefficient (Wildman–Crippen LogP) is 2.37. The van der Waals surface area contributed by atoms with Gasteiger partial charge in [-0.2, -0.15) is 0 Å². The number of rotatable bonds is 1. The van der Waals surface area contributed by atoms with Crippen molar-refractivity contribution in [2.45, 2.75) is 6.04 Å². The zero-order chi connectivity index (χ0) is 8.43. The quantitative estimate of drug-likeness (QED) is 0.316. The van der Waals surface area contributed by atoms with Crippen LogP contribution in [0.25, 0.3) is 0 Å². The molecule has 0 aliphatic rings. The minimum atomic E-state index is 1.26. The zero-order valence-corrected chi connectivity index (χ0v) is 14.5. The summed E-state index contributed by atoms with van der Waals surface area (Å²) < 4.78 is 4.17. The smallest absolute Gasteiger partial charge is 0.0397 e. The summed E-state index contributed by atoms with van der Waals surface area (Å²) in [5.41, 5.74) is 1.49. The Labute approximate surface area is 111 Å². The summed E-state index contributed by atoms with van der Waals surface area (Å²) in [6, 6.07) is 5.85. The van der Waals surface area contributed by atoms with Gasteiger partial charge in [0, 0.05) is 21.0 Å². The molecule has 0 aliphatic carbocycles. The van der Waals surface area contributed by atoms with Gasteiger partial charge in [-0.1, -0.05) is 0 Å². The summed E-state index contributed by atoms with van der Waals surface area (Å²) in [4.78, 5) is 0. The van der Waals surface area contributed by atoms with Gasteiger partial charge in [0.15, 0.2) is 0 Å². The molecule has 11 heavy (non-hydrogen) atoms. The first-order chi connectivity index (χ1) is 5.15. The highest BCUT2D eigenvalue weighted by atomic mass is 127. The van der Waals surface area contributed by atoms with Crippen molar-refractivity contribution in [3.8, 4) is 0 Å². The highest BCUT2D eigenvalue weighted by Gasteiger charge is 2.02. The predicted molar refractivity (Wildman–Crippen MR) is 78.2 cm³/mol. The maximum Gasteiger partial charge on any atom is 0.0397 e. The van der Waals surface area contributed by atoms with E-state index in [-0.39, 0.29) is 0 Å². The van der Waals surface area contributed by atoms with Crippen LogP contribution >= 0.6 is 67.8 Å². The normalized spacial score (nSPS) is 10.5. The van der Waals surface area contributed by atoms with E-state index in [1.165, 1.54) is 32.6 Å². The molecule has 0 radical (unpaired) electrons. The summed E-state index contributed by atoms with van der Waals surface area (Å²) in [7, 11) is 1.26. The largest absolute Gasteiger partial charge is 0.0494 e. The molecule has 0 fully saturated rings. The minimum absolute atomic E-state index is 1.26. The summed E-state index contributed by atoms with van der Waals surface area (Å²) >= 11 is 7.20. The summed E-state index contributed by atoms with van der Waals surface area (Å²) in [5, 5.41) is 0. The van der Waals surface area contributed by atoms with Crippen molar-refractivity contribution in [1.82, 2.24) is 0 Å². The van der Waals surface area contributed by atoms with Crippen LogP contribution in [0.15, 0.2) is 12.1 Å². The van der Waals surface area contributed by atoms with Crippen molar-refractivity contribution < 1.29 is 0 Å². The van der Waals surface area contributed by atoms with Crippen molar-refractivity contribution >= 4 is 78.0 Å². The first kappa shape index (κ1) is 10.7. The van der Waals surface area contributed by atoms with Crippen LogP contribution in [0.2, 0.25) is 0 Å². The van der Waals surface area contributed by atoms with E-state index in [4.69, 9.17) is 0 Å². The van der Waals surface area contributed by atoms with Gasteiger partial charge < -0.3 is 0 Å². The van der Waals surface area contributed by atoms with Gasteiger partial charge in [0.25, 0.3) is 0 Å². The van der Waals surface area contributed by atoms with Crippen LogP contribution in [-0.4, -0.2) is 10.2 Å². The molecule has 0 bridgehead atoms. The summed E-state index contributed by atoms with van der Waals surface area (Å²) in [6.45, 7) is 0. The lowest BCUT2D eigenvalue weighted by Crippen LogP contribution is -1.91. The highest BCUT2D eigenvalue weighted by molar-refractivity contribution is 14.1. The van der Waals surface area contributed by atoms with Gasteiger partial charge in [-0.3, -0.25) is 0 Å². The van der Waals surface area contributed by atoms with Gasteiger partial charge in [-0.05, 0) is 91.5 Å². The first-order valence-corrected chi connectivity index (χ1v) is 7.93. The van der Waals surface area contributed by atoms with Crippen molar-refractivity contribution in [1.29, 1.82) is 0 Å². The van der Waals surface area contributed by atoms with E-state index < -0.39 is 0 Å². The summed E-state index contributed by atoms with van der Waals surface area (Å²) in [5.74, 6) is 0. The molecule has 0 nitrogen and oxygen atoms in total. The standard InChI is InChI=1S/C7H7I3Si/c8-5-1-4(3-11)2-6(9)7(5)10/h1-2H,3H2,11H3. The molecular weight excluding hydrogens is 493 g/mol. The van der Waals surface area contributed by atoms with Crippen molar-refractivity contribution in [3.63, 3.8) is 0 Å². The van der Waals surface area contributed by atoms with Crippen molar-refractivity contribution in [3.05, 3.63) is 28.4 Å². The Hall–Kier alpha value is 1.63. The van der Waals surface area contributed by atoms with Crippen LogP contribution in [0, 0.1) is 10.7 Å².